The predicted molar refractivity (Wildman–Crippen MR) is 65.1 cm³/mol. The van der Waals surface area contributed by atoms with Crippen LogP contribution in [0.2, 0.25) is 0 Å². The topological polar surface area (TPSA) is 0 Å². The smallest absolute Gasteiger partial charge is 0.0148 e. The van der Waals surface area contributed by atoms with Crippen molar-refractivity contribution in [1.29, 1.82) is 0 Å². The number of allylic oxidation sites excluding steroid dienone is 2. The fourth-order valence-electron chi connectivity index (χ4n) is 2.04. The lowest BCUT2D eigenvalue weighted by Crippen LogP contribution is -2.26. The van der Waals surface area contributed by atoms with Crippen LogP contribution < -0.4 is 0 Å². The quantitative estimate of drug-likeness (QED) is 0.432. The Bertz CT molecular complexity index is 205. The van der Waals surface area contributed by atoms with E-state index in [2.05, 4.69) is 45.8 Å². The Morgan fingerprint density at radius 1 is 1.43 bits per heavy atom. The second kappa shape index (κ2) is 6.71. The monoisotopic (exact) mass is 192 g/mol. The molecule has 0 N–H and O–H groups in total. The lowest BCUT2D eigenvalue weighted by Gasteiger charge is -2.35. The first-order valence-corrected chi connectivity index (χ1v) is 5.67. The number of hydrogen-bond donors (Lipinski definition) is 0. The minimum absolute atomic E-state index is 0.329. The van der Waals surface area contributed by atoms with Crippen molar-refractivity contribution in [2.45, 2.75) is 53.4 Å². The lowest BCUT2D eigenvalue weighted by atomic mass is 9.69. The van der Waals surface area contributed by atoms with Crippen LogP contribution in [0.15, 0.2) is 12.2 Å². The third-order valence-electron chi connectivity index (χ3n) is 3.19. The van der Waals surface area contributed by atoms with Crippen molar-refractivity contribution < 1.29 is 0 Å². The molecule has 0 aromatic carbocycles. The Hall–Kier alpha value is -0.700. The molecule has 0 saturated carbocycles. The van der Waals surface area contributed by atoms with Crippen LogP contribution in [-0.2, 0) is 0 Å². The van der Waals surface area contributed by atoms with Crippen molar-refractivity contribution in [1.82, 2.24) is 0 Å². The molecule has 0 spiro atoms. The lowest BCUT2D eigenvalue weighted by molar-refractivity contribution is 0.178. The number of rotatable bonds is 6. The van der Waals surface area contributed by atoms with Crippen LogP contribution in [0.25, 0.3) is 0 Å². The first-order chi connectivity index (χ1) is 6.63. The van der Waals surface area contributed by atoms with Crippen LogP contribution in [-0.4, -0.2) is 0 Å². The summed E-state index contributed by atoms with van der Waals surface area (Å²) in [5.74, 6) is 3.51. The summed E-state index contributed by atoms with van der Waals surface area (Å²) in [7, 11) is 0. The fraction of sp³-hybridized carbons (Fsp3) is 0.714. The molecule has 1 atom stereocenters. The molecule has 0 heteroatoms. The molecule has 80 valence electrons. The van der Waals surface area contributed by atoms with Gasteiger partial charge in [0, 0.05) is 6.42 Å². The van der Waals surface area contributed by atoms with E-state index in [1.165, 1.54) is 12.8 Å². The molecule has 0 aliphatic rings. The molecular weight excluding hydrogens is 168 g/mol. The first kappa shape index (κ1) is 13.3. The zero-order valence-corrected chi connectivity index (χ0v) is 10.1. The van der Waals surface area contributed by atoms with Gasteiger partial charge in [0.25, 0.3) is 0 Å². The van der Waals surface area contributed by atoms with Gasteiger partial charge in [-0.1, -0.05) is 39.3 Å². The normalized spacial score (nSPS) is 15.7. The van der Waals surface area contributed by atoms with Gasteiger partial charge in [-0.05, 0) is 31.1 Å². The molecule has 0 aliphatic carbocycles. The van der Waals surface area contributed by atoms with E-state index in [1.54, 1.807) is 0 Å². The van der Waals surface area contributed by atoms with Crippen LogP contribution in [0.4, 0.5) is 0 Å². The minimum atomic E-state index is 0.329. The van der Waals surface area contributed by atoms with Crippen molar-refractivity contribution in [2.24, 2.45) is 11.3 Å². The van der Waals surface area contributed by atoms with Crippen molar-refractivity contribution in [3.05, 3.63) is 12.2 Å². The Morgan fingerprint density at radius 2 is 2.07 bits per heavy atom. The van der Waals surface area contributed by atoms with E-state index in [1.807, 2.05) is 0 Å². The second-order valence-corrected chi connectivity index (χ2v) is 4.42. The standard InChI is InChI=1S/C14H24/c1-6-9-12-14(10-7-2,11-8-3)13(4)5/h2,6,9,13H,8,10-12H2,1,3-5H3. The molecular formula is C14H24. The highest BCUT2D eigenvalue weighted by Gasteiger charge is 2.30. The van der Waals surface area contributed by atoms with Crippen LogP contribution in [0, 0.1) is 23.7 Å². The Kier molecular flexibility index (Phi) is 6.37. The van der Waals surface area contributed by atoms with E-state index in [0.29, 0.717) is 11.3 Å². The van der Waals surface area contributed by atoms with Gasteiger partial charge in [-0.3, -0.25) is 0 Å². The Balaban J connectivity index is 4.65. The highest BCUT2D eigenvalue weighted by Crippen LogP contribution is 2.40. The predicted octanol–water partition coefficient (Wildman–Crippen LogP) is 4.42. The number of terminal acetylenes is 1. The highest BCUT2D eigenvalue weighted by atomic mass is 14.3. The van der Waals surface area contributed by atoms with Crippen molar-refractivity contribution in [2.75, 3.05) is 0 Å². The van der Waals surface area contributed by atoms with E-state index >= 15 is 0 Å². The average Bonchev–Trinajstić information content (AvgIpc) is 2.14. The average molecular weight is 192 g/mol. The minimum Gasteiger partial charge on any atom is -0.120 e. The van der Waals surface area contributed by atoms with E-state index in [0.717, 1.165) is 12.8 Å². The van der Waals surface area contributed by atoms with Crippen LogP contribution in [0.1, 0.15) is 53.4 Å². The third kappa shape index (κ3) is 3.58. The molecule has 0 aromatic heterocycles. The summed E-state index contributed by atoms with van der Waals surface area (Å²) in [6, 6.07) is 0. The Morgan fingerprint density at radius 3 is 2.43 bits per heavy atom. The van der Waals surface area contributed by atoms with Gasteiger partial charge < -0.3 is 0 Å². The molecule has 0 radical (unpaired) electrons. The molecule has 0 amide bonds. The molecule has 0 nitrogen and oxygen atoms in total. The van der Waals surface area contributed by atoms with Crippen molar-refractivity contribution >= 4 is 0 Å². The van der Waals surface area contributed by atoms with Crippen molar-refractivity contribution in [3.63, 3.8) is 0 Å². The largest absolute Gasteiger partial charge is 0.120 e. The van der Waals surface area contributed by atoms with Gasteiger partial charge >= 0.3 is 0 Å². The van der Waals surface area contributed by atoms with Gasteiger partial charge in [0.2, 0.25) is 0 Å². The summed E-state index contributed by atoms with van der Waals surface area (Å²) in [5.41, 5.74) is 0.329. The van der Waals surface area contributed by atoms with Crippen molar-refractivity contribution in [3.8, 4) is 12.3 Å². The highest BCUT2D eigenvalue weighted by molar-refractivity contribution is 5.00. The van der Waals surface area contributed by atoms with Crippen LogP contribution >= 0.6 is 0 Å². The van der Waals surface area contributed by atoms with Crippen LogP contribution in [0.5, 0.6) is 0 Å². The molecule has 0 aliphatic heterocycles. The molecule has 0 bridgehead atoms. The molecule has 0 saturated heterocycles. The van der Waals surface area contributed by atoms with E-state index in [9.17, 15) is 0 Å². The fourth-order valence-corrected chi connectivity index (χ4v) is 2.04. The SMILES string of the molecule is C#CCC(CC=CC)(CCC)C(C)C. The number of hydrogen-bond acceptors (Lipinski definition) is 0. The maximum Gasteiger partial charge on any atom is 0.0148 e. The second-order valence-electron chi connectivity index (χ2n) is 4.42. The van der Waals surface area contributed by atoms with Gasteiger partial charge in [-0.2, -0.15) is 0 Å². The summed E-state index contributed by atoms with van der Waals surface area (Å²) in [5, 5.41) is 0. The van der Waals surface area contributed by atoms with Crippen LogP contribution in [0.3, 0.4) is 0 Å². The van der Waals surface area contributed by atoms with Gasteiger partial charge in [0.15, 0.2) is 0 Å². The van der Waals surface area contributed by atoms with Gasteiger partial charge in [0.05, 0.1) is 0 Å². The summed E-state index contributed by atoms with van der Waals surface area (Å²) < 4.78 is 0. The zero-order chi connectivity index (χ0) is 11.0. The summed E-state index contributed by atoms with van der Waals surface area (Å²) in [6.07, 6.45) is 14.4. The van der Waals surface area contributed by atoms with Gasteiger partial charge in [-0.15, -0.1) is 12.3 Å². The zero-order valence-electron chi connectivity index (χ0n) is 10.1. The van der Waals surface area contributed by atoms with E-state index < -0.39 is 0 Å². The summed E-state index contributed by atoms with van der Waals surface area (Å²) >= 11 is 0. The van der Waals surface area contributed by atoms with E-state index in [4.69, 9.17) is 6.42 Å². The molecule has 14 heavy (non-hydrogen) atoms. The van der Waals surface area contributed by atoms with E-state index in [-0.39, 0.29) is 0 Å². The molecule has 0 rings (SSSR count). The Labute approximate surface area is 89.8 Å². The molecule has 0 aromatic rings. The first-order valence-electron chi connectivity index (χ1n) is 5.67. The molecule has 0 heterocycles. The maximum absolute atomic E-state index is 5.48. The molecule has 1 unspecified atom stereocenters. The maximum atomic E-state index is 5.48. The third-order valence-corrected chi connectivity index (χ3v) is 3.19. The molecule has 0 fully saturated rings. The summed E-state index contributed by atoms with van der Waals surface area (Å²) in [6.45, 7) is 8.89. The van der Waals surface area contributed by atoms with Gasteiger partial charge in [0.1, 0.15) is 0 Å². The summed E-state index contributed by atoms with van der Waals surface area (Å²) in [4.78, 5) is 0. The van der Waals surface area contributed by atoms with Gasteiger partial charge in [-0.25, -0.2) is 0 Å².